The van der Waals surface area contributed by atoms with Gasteiger partial charge in [0.05, 0.1) is 10.5 Å². The molecule has 32 heavy (non-hydrogen) atoms. The number of carbonyl (C=O) groups excluding carboxylic acids is 1. The second kappa shape index (κ2) is 8.36. The summed E-state index contributed by atoms with van der Waals surface area (Å²) in [7, 11) is -3.60. The molecule has 11 heteroatoms. The molecule has 0 bridgehead atoms. The number of sulfonamides is 1. The first-order valence-corrected chi connectivity index (χ1v) is 11.7. The predicted molar refractivity (Wildman–Crippen MR) is 111 cm³/mol. The lowest BCUT2D eigenvalue weighted by Crippen LogP contribution is -2.39. The molecular weight excluding hydrogens is 447 g/mol. The molecule has 2 aliphatic heterocycles. The SMILES string of the molecule is O=C(Cn1cc(C(F)(F)F)ccc1=O)N1CCCc2cc(S(=O)(=O)N3CCCC3)ccc21. The van der Waals surface area contributed by atoms with Gasteiger partial charge in [0.15, 0.2) is 0 Å². The van der Waals surface area contributed by atoms with Crippen molar-refractivity contribution in [2.24, 2.45) is 0 Å². The van der Waals surface area contributed by atoms with Gasteiger partial charge in [-0.25, -0.2) is 8.42 Å². The molecule has 0 spiro atoms. The molecule has 1 fully saturated rings. The van der Waals surface area contributed by atoms with Crippen LogP contribution in [0.3, 0.4) is 0 Å². The maximum Gasteiger partial charge on any atom is 0.417 e. The van der Waals surface area contributed by atoms with Crippen molar-refractivity contribution in [2.75, 3.05) is 24.5 Å². The molecule has 3 heterocycles. The van der Waals surface area contributed by atoms with E-state index in [4.69, 9.17) is 0 Å². The fourth-order valence-corrected chi connectivity index (χ4v) is 5.69. The normalized spacial score (nSPS) is 17.4. The number of anilines is 1. The number of fused-ring (bicyclic) bond motifs is 1. The topological polar surface area (TPSA) is 79.7 Å². The Labute approximate surface area is 183 Å². The van der Waals surface area contributed by atoms with Gasteiger partial charge in [-0.1, -0.05) is 0 Å². The highest BCUT2D eigenvalue weighted by Gasteiger charge is 2.32. The van der Waals surface area contributed by atoms with Crippen molar-refractivity contribution in [3.05, 3.63) is 58.0 Å². The Morgan fingerprint density at radius 1 is 1.00 bits per heavy atom. The van der Waals surface area contributed by atoms with Gasteiger partial charge < -0.3 is 9.47 Å². The van der Waals surface area contributed by atoms with Gasteiger partial charge in [0, 0.05) is 37.6 Å². The second-order valence-corrected chi connectivity index (χ2v) is 9.87. The molecule has 2 aromatic rings. The molecular formula is C21H22F3N3O4S. The van der Waals surface area contributed by atoms with E-state index < -0.39 is 39.8 Å². The summed E-state index contributed by atoms with van der Waals surface area (Å²) in [4.78, 5) is 26.5. The number of benzene rings is 1. The number of alkyl halides is 3. The molecule has 0 N–H and O–H groups in total. The summed E-state index contributed by atoms with van der Waals surface area (Å²) in [5.41, 5.74) is -0.528. The molecule has 0 radical (unpaired) electrons. The quantitative estimate of drug-likeness (QED) is 0.690. The van der Waals surface area contributed by atoms with Crippen molar-refractivity contribution < 1.29 is 26.4 Å². The van der Waals surface area contributed by atoms with Crippen LogP contribution in [0.2, 0.25) is 0 Å². The van der Waals surface area contributed by atoms with Gasteiger partial charge in [-0.3, -0.25) is 9.59 Å². The van der Waals surface area contributed by atoms with E-state index in [0.29, 0.717) is 56.0 Å². The van der Waals surface area contributed by atoms with Crippen LogP contribution in [0, 0.1) is 0 Å². The second-order valence-electron chi connectivity index (χ2n) is 7.93. The van der Waals surface area contributed by atoms with Gasteiger partial charge in [-0.05, 0) is 55.5 Å². The Kier molecular flexibility index (Phi) is 5.89. The minimum Gasteiger partial charge on any atom is -0.311 e. The zero-order chi connectivity index (χ0) is 23.1. The van der Waals surface area contributed by atoms with Gasteiger partial charge in [-0.2, -0.15) is 17.5 Å². The minimum absolute atomic E-state index is 0.168. The van der Waals surface area contributed by atoms with Crippen molar-refractivity contribution in [3.8, 4) is 0 Å². The number of hydrogen-bond acceptors (Lipinski definition) is 4. The monoisotopic (exact) mass is 469 g/mol. The molecule has 0 atom stereocenters. The molecule has 1 aromatic heterocycles. The number of rotatable bonds is 4. The summed E-state index contributed by atoms with van der Waals surface area (Å²) in [5, 5.41) is 0. The van der Waals surface area contributed by atoms with Crippen LogP contribution in [-0.4, -0.2) is 42.8 Å². The Morgan fingerprint density at radius 3 is 2.41 bits per heavy atom. The first kappa shape index (κ1) is 22.5. The molecule has 4 rings (SSSR count). The van der Waals surface area contributed by atoms with Gasteiger partial charge in [-0.15, -0.1) is 0 Å². The van der Waals surface area contributed by atoms with Crippen LogP contribution in [0.25, 0.3) is 0 Å². The number of carbonyl (C=O) groups is 1. The number of aryl methyl sites for hydroxylation is 1. The summed E-state index contributed by atoms with van der Waals surface area (Å²) >= 11 is 0. The predicted octanol–water partition coefficient (Wildman–Crippen LogP) is 2.63. The highest BCUT2D eigenvalue weighted by molar-refractivity contribution is 7.89. The van der Waals surface area contributed by atoms with Crippen LogP contribution in [0.5, 0.6) is 0 Å². The van der Waals surface area contributed by atoms with Gasteiger partial charge >= 0.3 is 6.18 Å². The van der Waals surface area contributed by atoms with Crippen LogP contribution in [-0.2, 0) is 34.0 Å². The fourth-order valence-electron chi connectivity index (χ4n) is 4.12. The maximum absolute atomic E-state index is 13.0. The summed E-state index contributed by atoms with van der Waals surface area (Å²) < 4.78 is 66.8. The van der Waals surface area contributed by atoms with Crippen LogP contribution in [0.1, 0.15) is 30.4 Å². The average Bonchev–Trinajstić information content (AvgIpc) is 3.29. The van der Waals surface area contributed by atoms with E-state index in [9.17, 15) is 31.2 Å². The molecule has 1 aromatic carbocycles. The van der Waals surface area contributed by atoms with Crippen molar-refractivity contribution in [2.45, 2.75) is 43.3 Å². The number of amides is 1. The summed E-state index contributed by atoms with van der Waals surface area (Å²) in [6.07, 6.45) is -1.21. The minimum atomic E-state index is -4.63. The standard InChI is InChI=1S/C21H22F3N3O4S/c22-21(23,24)16-5-8-19(28)25(13-16)14-20(29)27-11-3-4-15-12-17(6-7-18(15)27)32(30,31)26-9-1-2-10-26/h5-8,12-13H,1-4,9-11,14H2. The molecule has 7 nitrogen and oxygen atoms in total. The first-order chi connectivity index (χ1) is 15.1. The maximum atomic E-state index is 13.0. The summed E-state index contributed by atoms with van der Waals surface area (Å²) in [5.74, 6) is -0.539. The third kappa shape index (κ3) is 4.31. The first-order valence-electron chi connectivity index (χ1n) is 10.3. The number of nitrogens with zero attached hydrogens (tertiary/aromatic N) is 3. The zero-order valence-electron chi connectivity index (χ0n) is 17.1. The zero-order valence-corrected chi connectivity index (χ0v) is 18.0. The summed E-state index contributed by atoms with van der Waals surface area (Å²) in [6, 6.07) is 6.05. The van der Waals surface area contributed by atoms with Gasteiger partial charge in [0.25, 0.3) is 5.56 Å². The molecule has 0 aliphatic carbocycles. The highest BCUT2D eigenvalue weighted by Crippen LogP contribution is 2.32. The third-order valence-corrected chi connectivity index (χ3v) is 7.68. The van der Waals surface area contributed by atoms with E-state index >= 15 is 0 Å². The van der Waals surface area contributed by atoms with Crippen molar-refractivity contribution in [3.63, 3.8) is 0 Å². The Bertz CT molecular complexity index is 1200. The Morgan fingerprint density at radius 2 is 1.72 bits per heavy atom. The number of halogens is 3. The smallest absolute Gasteiger partial charge is 0.311 e. The van der Waals surface area contributed by atoms with E-state index in [0.717, 1.165) is 23.5 Å². The van der Waals surface area contributed by atoms with Crippen LogP contribution < -0.4 is 10.5 Å². The van der Waals surface area contributed by atoms with Crippen molar-refractivity contribution in [1.82, 2.24) is 8.87 Å². The van der Waals surface area contributed by atoms with Gasteiger partial charge in [0.2, 0.25) is 15.9 Å². The Balaban J connectivity index is 1.60. The lowest BCUT2D eigenvalue weighted by molar-refractivity contribution is -0.138. The van der Waals surface area contributed by atoms with Gasteiger partial charge in [0.1, 0.15) is 6.54 Å². The molecule has 0 unspecified atom stereocenters. The van der Waals surface area contributed by atoms with Crippen molar-refractivity contribution >= 4 is 21.6 Å². The third-order valence-electron chi connectivity index (χ3n) is 5.79. The lowest BCUT2D eigenvalue weighted by Gasteiger charge is -2.30. The van der Waals surface area contributed by atoms with Crippen LogP contribution >= 0.6 is 0 Å². The van der Waals surface area contributed by atoms with E-state index in [2.05, 4.69) is 0 Å². The molecule has 0 saturated carbocycles. The average molecular weight is 469 g/mol. The molecule has 1 saturated heterocycles. The Hall–Kier alpha value is -2.66. The number of pyridine rings is 1. The van der Waals surface area contributed by atoms with E-state index in [-0.39, 0.29) is 4.90 Å². The van der Waals surface area contributed by atoms with Crippen molar-refractivity contribution in [1.29, 1.82) is 0 Å². The lowest BCUT2D eigenvalue weighted by atomic mass is 10.0. The molecule has 2 aliphatic rings. The number of hydrogen-bond donors (Lipinski definition) is 0. The van der Waals surface area contributed by atoms with Crippen LogP contribution in [0.15, 0.2) is 46.2 Å². The van der Waals surface area contributed by atoms with Crippen LogP contribution in [0.4, 0.5) is 18.9 Å². The largest absolute Gasteiger partial charge is 0.417 e. The number of aromatic nitrogens is 1. The fraction of sp³-hybridized carbons (Fsp3) is 0.429. The molecule has 172 valence electrons. The van der Waals surface area contributed by atoms with E-state index in [1.54, 1.807) is 12.1 Å². The highest BCUT2D eigenvalue weighted by atomic mass is 32.2. The summed E-state index contributed by atoms with van der Waals surface area (Å²) in [6.45, 7) is 0.749. The molecule has 1 amide bonds. The van der Waals surface area contributed by atoms with E-state index in [1.807, 2.05) is 0 Å². The van der Waals surface area contributed by atoms with E-state index in [1.165, 1.54) is 15.3 Å².